The summed E-state index contributed by atoms with van der Waals surface area (Å²) in [5, 5.41) is 8.82. The van der Waals surface area contributed by atoms with Crippen LogP contribution in [0.25, 0.3) is 0 Å². The number of rotatable bonds is 5. The Morgan fingerprint density at radius 1 is 1.24 bits per heavy atom. The van der Waals surface area contributed by atoms with Crippen molar-refractivity contribution in [2.45, 2.75) is 6.42 Å². The molecule has 0 radical (unpaired) electrons. The number of hydrogen-bond acceptors (Lipinski definition) is 5. The van der Waals surface area contributed by atoms with Crippen molar-refractivity contribution < 1.29 is 4.79 Å². The maximum atomic E-state index is 11.3. The van der Waals surface area contributed by atoms with Crippen LogP contribution in [0.5, 0.6) is 0 Å². The molecule has 0 aliphatic carbocycles. The van der Waals surface area contributed by atoms with E-state index in [-0.39, 0.29) is 5.69 Å². The third-order valence-electron chi connectivity index (χ3n) is 2.93. The Kier molecular flexibility index (Phi) is 4.36. The predicted octanol–water partition coefficient (Wildman–Crippen LogP) is 1.81. The van der Waals surface area contributed by atoms with Crippen molar-refractivity contribution in [1.29, 1.82) is 5.26 Å². The predicted molar refractivity (Wildman–Crippen MR) is 80.8 cm³/mol. The normalized spacial score (nSPS) is 9.86. The van der Waals surface area contributed by atoms with Crippen LogP contribution in [0.1, 0.15) is 16.9 Å². The molecule has 21 heavy (non-hydrogen) atoms. The molecule has 4 N–H and O–H groups in total. The molecule has 2 aromatic rings. The Morgan fingerprint density at radius 2 is 1.95 bits per heavy atom. The number of nitrogen functional groups attached to an aromatic ring is 1. The van der Waals surface area contributed by atoms with E-state index in [0.29, 0.717) is 24.5 Å². The van der Waals surface area contributed by atoms with E-state index in [1.54, 1.807) is 11.0 Å². The fourth-order valence-corrected chi connectivity index (χ4v) is 1.94. The van der Waals surface area contributed by atoms with Crippen molar-refractivity contribution >= 4 is 23.1 Å². The average molecular weight is 281 g/mol. The summed E-state index contributed by atoms with van der Waals surface area (Å²) in [5.74, 6) is -0.197. The van der Waals surface area contributed by atoms with Gasteiger partial charge in [0.1, 0.15) is 5.69 Å². The number of primary amides is 1. The number of benzene rings is 1. The highest BCUT2D eigenvalue weighted by atomic mass is 16.1. The molecule has 0 aliphatic rings. The number of nitrogens with two attached hydrogens (primary N) is 2. The van der Waals surface area contributed by atoms with Gasteiger partial charge in [-0.05, 0) is 24.3 Å². The highest BCUT2D eigenvalue weighted by molar-refractivity contribution is 5.92. The molecule has 0 bridgehead atoms. The van der Waals surface area contributed by atoms with Crippen LogP contribution in [0.4, 0.5) is 17.2 Å². The van der Waals surface area contributed by atoms with Crippen LogP contribution in [0, 0.1) is 11.3 Å². The highest BCUT2D eigenvalue weighted by Gasteiger charge is 2.15. The molecule has 0 aliphatic heterocycles. The maximum absolute atomic E-state index is 11.3. The number of amides is 1. The van der Waals surface area contributed by atoms with Crippen molar-refractivity contribution in [3.8, 4) is 6.07 Å². The van der Waals surface area contributed by atoms with Gasteiger partial charge in [0.2, 0.25) is 0 Å². The van der Waals surface area contributed by atoms with Crippen LogP contribution in [0.15, 0.2) is 42.5 Å². The van der Waals surface area contributed by atoms with E-state index in [1.165, 1.54) is 6.07 Å². The maximum Gasteiger partial charge on any atom is 0.267 e. The second-order valence-electron chi connectivity index (χ2n) is 4.37. The SMILES string of the molecule is N#CCCN(c1ccccc1)c1nc(C(N)=O)ccc1N. The smallest absolute Gasteiger partial charge is 0.267 e. The van der Waals surface area contributed by atoms with Crippen molar-refractivity contribution in [1.82, 2.24) is 4.98 Å². The van der Waals surface area contributed by atoms with Gasteiger partial charge in [0.15, 0.2) is 5.82 Å². The van der Waals surface area contributed by atoms with E-state index >= 15 is 0 Å². The minimum atomic E-state index is -0.621. The Morgan fingerprint density at radius 3 is 2.57 bits per heavy atom. The number of pyridine rings is 1. The summed E-state index contributed by atoms with van der Waals surface area (Å²) in [5.41, 5.74) is 12.6. The van der Waals surface area contributed by atoms with Gasteiger partial charge in [-0.3, -0.25) is 4.79 Å². The van der Waals surface area contributed by atoms with Crippen molar-refractivity contribution in [2.75, 3.05) is 17.2 Å². The zero-order valence-corrected chi connectivity index (χ0v) is 11.4. The molecule has 1 aromatic heterocycles. The van der Waals surface area contributed by atoms with Crippen molar-refractivity contribution in [3.05, 3.63) is 48.2 Å². The van der Waals surface area contributed by atoms with E-state index in [4.69, 9.17) is 16.7 Å². The number of anilines is 3. The number of nitrogens with zero attached hydrogens (tertiary/aromatic N) is 3. The first-order valence-electron chi connectivity index (χ1n) is 6.39. The Bertz CT molecular complexity index is 678. The average Bonchev–Trinajstić information content (AvgIpc) is 2.50. The van der Waals surface area contributed by atoms with Crippen LogP contribution in [-0.2, 0) is 0 Å². The summed E-state index contributed by atoms with van der Waals surface area (Å²) in [6.45, 7) is 0.417. The van der Waals surface area contributed by atoms with Crippen LogP contribution in [0.2, 0.25) is 0 Å². The Balaban J connectivity index is 2.48. The first-order chi connectivity index (χ1) is 10.1. The summed E-state index contributed by atoms with van der Waals surface area (Å²) in [6, 6.07) is 14.6. The zero-order valence-electron chi connectivity index (χ0n) is 11.4. The lowest BCUT2D eigenvalue weighted by Gasteiger charge is -2.24. The van der Waals surface area contributed by atoms with Crippen LogP contribution in [-0.4, -0.2) is 17.4 Å². The quantitative estimate of drug-likeness (QED) is 0.868. The lowest BCUT2D eigenvalue weighted by molar-refractivity contribution is 0.0995. The van der Waals surface area contributed by atoms with E-state index in [2.05, 4.69) is 11.1 Å². The number of carbonyl (C=O) groups excluding carboxylic acids is 1. The second kappa shape index (κ2) is 6.39. The van der Waals surface area contributed by atoms with E-state index in [0.717, 1.165) is 5.69 Å². The fourth-order valence-electron chi connectivity index (χ4n) is 1.94. The number of carbonyl (C=O) groups is 1. The van der Waals surface area contributed by atoms with Gasteiger partial charge in [0.25, 0.3) is 5.91 Å². The third kappa shape index (κ3) is 3.28. The zero-order chi connectivity index (χ0) is 15.2. The summed E-state index contributed by atoms with van der Waals surface area (Å²) in [6.07, 6.45) is 0.302. The molecule has 1 aromatic carbocycles. The molecule has 0 saturated carbocycles. The van der Waals surface area contributed by atoms with E-state index in [9.17, 15) is 4.79 Å². The minimum absolute atomic E-state index is 0.136. The summed E-state index contributed by atoms with van der Waals surface area (Å²) >= 11 is 0. The van der Waals surface area contributed by atoms with Crippen LogP contribution < -0.4 is 16.4 Å². The molecule has 0 atom stereocenters. The fraction of sp³-hybridized carbons (Fsp3) is 0.133. The molecule has 6 heteroatoms. The van der Waals surface area contributed by atoms with Gasteiger partial charge in [-0.25, -0.2) is 4.98 Å². The van der Waals surface area contributed by atoms with E-state index in [1.807, 2.05) is 30.3 Å². The van der Waals surface area contributed by atoms with Gasteiger partial charge in [-0.1, -0.05) is 18.2 Å². The summed E-state index contributed by atoms with van der Waals surface area (Å²) in [7, 11) is 0. The highest BCUT2D eigenvalue weighted by Crippen LogP contribution is 2.28. The molecule has 0 fully saturated rings. The number of nitriles is 1. The first kappa shape index (κ1) is 14.3. The molecule has 0 unspecified atom stereocenters. The first-order valence-corrected chi connectivity index (χ1v) is 6.39. The van der Waals surface area contributed by atoms with Gasteiger partial charge in [0.05, 0.1) is 18.2 Å². The van der Waals surface area contributed by atoms with Gasteiger partial charge in [0, 0.05) is 12.2 Å². The number of para-hydroxylation sites is 1. The van der Waals surface area contributed by atoms with Crippen molar-refractivity contribution in [3.63, 3.8) is 0 Å². The Hall–Kier alpha value is -3.07. The molecule has 1 amide bonds. The van der Waals surface area contributed by atoms with Gasteiger partial charge >= 0.3 is 0 Å². The second-order valence-corrected chi connectivity index (χ2v) is 4.37. The van der Waals surface area contributed by atoms with Crippen LogP contribution >= 0.6 is 0 Å². The van der Waals surface area contributed by atoms with Crippen LogP contribution in [0.3, 0.4) is 0 Å². The summed E-state index contributed by atoms with van der Waals surface area (Å²) < 4.78 is 0. The monoisotopic (exact) mass is 281 g/mol. The van der Waals surface area contributed by atoms with Gasteiger partial charge in [-0.15, -0.1) is 0 Å². The molecule has 6 nitrogen and oxygen atoms in total. The molecular weight excluding hydrogens is 266 g/mol. The Labute approximate surface area is 122 Å². The molecule has 106 valence electrons. The molecule has 0 spiro atoms. The standard InChI is InChI=1S/C15H15N5O/c16-9-4-10-20(11-5-2-1-3-6-11)15-12(17)7-8-13(19-15)14(18)21/h1-3,5-8H,4,10,17H2,(H2,18,21). The largest absolute Gasteiger partial charge is 0.396 e. The molecule has 1 heterocycles. The van der Waals surface area contributed by atoms with Gasteiger partial charge in [-0.2, -0.15) is 5.26 Å². The molecule has 2 rings (SSSR count). The van der Waals surface area contributed by atoms with Crippen molar-refractivity contribution in [2.24, 2.45) is 5.73 Å². The summed E-state index contributed by atoms with van der Waals surface area (Å²) in [4.78, 5) is 17.3. The topological polar surface area (TPSA) is 109 Å². The van der Waals surface area contributed by atoms with E-state index < -0.39 is 5.91 Å². The van der Waals surface area contributed by atoms with Gasteiger partial charge < -0.3 is 16.4 Å². The lowest BCUT2D eigenvalue weighted by atomic mass is 10.2. The third-order valence-corrected chi connectivity index (χ3v) is 2.93. The number of aromatic nitrogens is 1. The molecule has 0 saturated heterocycles. The molecular formula is C15H15N5O. The lowest BCUT2D eigenvalue weighted by Crippen LogP contribution is -2.23. The minimum Gasteiger partial charge on any atom is -0.396 e. The number of hydrogen-bond donors (Lipinski definition) is 2.